The van der Waals surface area contributed by atoms with Crippen molar-refractivity contribution in [2.45, 2.75) is 13.8 Å². The number of nitrogens with zero attached hydrogens (tertiary/aromatic N) is 5. The van der Waals surface area contributed by atoms with Crippen molar-refractivity contribution in [2.24, 2.45) is 12.0 Å². The Hall–Kier alpha value is -2.30. The number of ether oxygens (including phenoxy) is 1. The Bertz CT molecular complexity index is 838. The minimum absolute atomic E-state index is 0. The van der Waals surface area contributed by atoms with Crippen molar-refractivity contribution in [1.82, 2.24) is 20.0 Å². The lowest BCUT2D eigenvalue weighted by molar-refractivity contribution is -0.120. The summed E-state index contributed by atoms with van der Waals surface area (Å²) in [5.74, 6) is 1.67. The predicted octanol–water partition coefficient (Wildman–Crippen LogP) is 2.04. The van der Waals surface area contributed by atoms with Gasteiger partial charge in [-0.3, -0.25) is 9.48 Å². The van der Waals surface area contributed by atoms with Gasteiger partial charge in [-0.05, 0) is 25.5 Å². The Morgan fingerprint density at radius 2 is 2.10 bits per heavy atom. The summed E-state index contributed by atoms with van der Waals surface area (Å²) in [7, 11) is 1.85. The number of benzene rings is 1. The Labute approximate surface area is 188 Å². The average molecular weight is 512 g/mol. The highest BCUT2D eigenvalue weighted by Gasteiger charge is 2.27. The second kappa shape index (κ2) is 11.0. The molecule has 158 valence electrons. The lowest BCUT2D eigenvalue weighted by atomic mass is 10.2. The molecule has 0 spiro atoms. The third kappa shape index (κ3) is 6.09. The highest BCUT2D eigenvalue weighted by molar-refractivity contribution is 14.0. The van der Waals surface area contributed by atoms with E-state index in [1.807, 2.05) is 56.3 Å². The molecule has 1 N–H and O–H groups in total. The van der Waals surface area contributed by atoms with Crippen molar-refractivity contribution in [1.29, 1.82) is 0 Å². The Morgan fingerprint density at radius 3 is 2.76 bits per heavy atom. The number of amides is 1. The number of carbonyl (C=O) groups is 1. The Morgan fingerprint density at radius 1 is 1.31 bits per heavy atom. The van der Waals surface area contributed by atoms with E-state index in [9.17, 15) is 4.79 Å². The molecule has 0 aliphatic carbocycles. The molecule has 1 aliphatic heterocycles. The molecule has 3 rings (SSSR count). The van der Waals surface area contributed by atoms with Crippen LogP contribution in [-0.2, 0) is 11.8 Å². The van der Waals surface area contributed by atoms with Gasteiger partial charge in [-0.2, -0.15) is 5.10 Å². The van der Waals surface area contributed by atoms with Crippen LogP contribution < -0.4 is 15.0 Å². The van der Waals surface area contributed by atoms with Crippen molar-refractivity contribution in [3.8, 4) is 5.75 Å². The van der Waals surface area contributed by atoms with Crippen LogP contribution >= 0.6 is 24.0 Å². The number of anilines is 1. The Balaban J connectivity index is 0.00000300. The summed E-state index contributed by atoms with van der Waals surface area (Å²) in [6, 6.07) is 7.94. The second-order valence-electron chi connectivity index (χ2n) is 6.69. The maximum Gasteiger partial charge on any atom is 0.246 e. The monoisotopic (exact) mass is 512 g/mol. The Kier molecular flexibility index (Phi) is 8.74. The average Bonchev–Trinajstić information content (AvgIpc) is 3.11. The van der Waals surface area contributed by atoms with Gasteiger partial charge >= 0.3 is 0 Å². The van der Waals surface area contributed by atoms with Crippen LogP contribution in [0.25, 0.3) is 0 Å². The number of nitrogens with one attached hydrogen (secondary N) is 1. The van der Waals surface area contributed by atoms with E-state index >= 15 is 0 Å². The summed E-state index contributed by atoms with van der Waals surface area (Å²) in [5.41, 5.74) is 1.94. The van der Waals surface area contributed by atoms with E-state index in [-0.39, 0.29) is 29.9 Å². The van der Waals surface area contributed by atoms with Gasteiger partial charge in [-0.25, -0.2) is 4.99 Å². The number of aromatic nitrogens is 2. The third-order valence-corrected chi connectivity index (χ3v) is 4.56. The molecule has 2 heterocycles. The molecule has 0 saturated carbocycles. The molecule has 0 atom stereocenters. The van der Waals surface area contributed by atoms with Gasteiger partial charge in [-0.15, -0.1) is 24.0 Å². The molecule has 0 bridgehead atoms. The largest absolute Gasteiger partial charge is 0.491 e. The van der Waals surface area contributed by atoms with E-state index in [1.165, 1.54) is 0 Å². The summed E-state index contributed by atoms with van der Waals surface area (Å²) in [6.07, 6.45) is 3.57. The van der Waals surface area contributed by atoms with E-state index < -0.39 is 0 Å². The molecule has 1 saturated heterocycles. The van der Waals surface area contributed by atoms with E-state index in [4.69, 9.17) is 4.74 Å². The number of aryl methyl sites for hydroxylation is 2. The van der Waals surface area contributed by atoms with Crippen LogP contribution in [0.5, 0.6) is 5.75 Å². The molecule has 0 radical (unpaired) electrons. The molecule has 2 aromatic rings. The first-order valence-corrected chi connectivity index (χ1v) is 9.59. The van der Waals surface area contributed by atoms with Crippen molar-refractivity contribution in [3.63, 3.8) is 0 Å². The molecule has 1 aliphatic rings. The number of halogens is 1. The highest BCUT2D eigenvalue weighted by atomic mass is 127. The van der Waals surface area contributed by atoms with Crippen LogP contribution in [0.4, 0.5) is 5.69 Å². The van der Waals surface area contributed by atoms with Crippen LogP contribution in [0.1, 0.15) is 12.5 Å². The molecule has 1 aromatic heterocycles. The minimum Gasteiger partial charge on any atom is -0.491 e. The van der Waals surface area contributed by atoms with Crippen molar-refractivity contribution in [2.75, 3.05) is 44.2 Å². The molecule has 8 nitrogen and oxygen atoms in total. The summed E-state index contributed by atoms with van der Waals surface area (Å²) in [5, 5.41) is 7.42. The first-order valence-electron chi connectivity index (χ1n) is 9.59. The highest BCUT2D eigenvalue weighted by Crippen LogP contribution is 2.17. The number of aliphatic imine (C=N–C) groups is 1. The smallest absolute Gasteiger partial charge is 0.246 e. The lowest BCUT2D eigenvalue weighted by Gasteiger charge is -2.35. The van der Waals surface area contributed by atoms with Gasteiger partial charge in [0.25, 0.3) is 0 Å². The van der Waals surface area contributed by atoms with Crippen LogP contribution in [0.3, 0.4) is 0 Å². The maximum absolute atomic E-state index is 12.6. The first-order chi connectivity index (χ1) is 13.6. The number of rotatable bonds is 6. The molecule has 29 heavy (non-hydrogen) atoms. The van der Waals surface area contributed by atoms with E-state index in [1.54, 1.807) is 15.8 Å². The zero-order valence-corrected chi connectivity index (χ0v) is 19.5. The third-order valence-electron chi connectivity index (χ3n) is 4.56. The standard InChI is InChI=1S/C20H28N6O2.HI/c1-4-21-20(22-9-12-28-18-8-6-5-7-16(18)2)25-10-11-26(19(27)15-25)17-13-23-24(3)14-17;/h5-8,13-14H,4,9-12,15H2,1-3H3,(H,21,22);1H. The van der Waals surface area contributed by atoms with E-state index in [2.05, 4.69) is 15.4 Å². The van der Waals surface area contributed by atoms with Gasteiger partial charge < -0.3 is 19.9 Å². The van der Waals surface area contributed by atoms with Crippen LogP contribution in [0.15, 0.2) is 41.7 Å². The zero-order chi connectivity index (χ0) is 19.9. The van der Waals surface area contributed by atoms with Crippen molar-refractivity contribution in [3.05, 3.63) is 42.2 Å². The zero-order valence-electron chi connectivity index (χ0n) is 17.2. The second-order valence-corrected chi connectivity index (χ2v) is 6.69. The quantitative estimate of drug-likeness (QED) is 0.278. The molecule has 9 heteroatoms. The van der Waals surface area contributed by atoms with Gasteiger partial charge in [0.05, 0.1) is 18.4 Å². The summed E-state index contributed by atoms with van der Waals surface area (Å²) in [4.78, 5) is 21.0. The molecule has 1 fully saturated rings. The van der Waals surface area contributed by atoms with Gasteiger partial charge in [0.2, 0.25) is 5.91 Å². The van der Waals surface area contributed by atoms with Crippen LogP contribution in [-0.4, -0.2) is 65.9 Å². The van der Waals surface area contributed by atoms with Crippen molar-refractivity contribution < 1.29 is 9.53 Å². The lowest BCUT2D eigenvalue weighted by Crippen LogP contribution is -2.55. The van der Waals surface area contributed by atoms with E-state index in [0.29, 0.717) is 32.8 Å². The van der Waals surface area contributed by atoms with E-state index in [0.717, 1.165) is 29.5 Å². The summed E-state index contributed by atoms with van der Waals surface area (Å²) in [6.45, 7) is 7.41. The SMILES string of the molecule is CCNC(=NCCOc1ccccc1C)N1CCN(c2cnn(C)c2)C(=O)C1.I. The number of piperazine rings is 1. The van der Waals surface area contributed by atoms with Gasteiger partial charge in [0, 0.05) is 32.9 Å². The number of hydrogen-bond donors (Lipinski definition) is 1. The molecular formula is C20H29IN6O2. The molecule has 1 amide bonds. The van der Waals surface area contributed by atoms with Gasteiger partial charge in [0.1, 0.15) is 18.9 Å². The number of carbonyl (C=O) groups excluding carboxylic acids is 1. The van der Waals surface area contributed by atoms with Crippen molar-refractivity contribution >= 4 is 41.5 Å². The van der Waals surface area contributed by atoms with Crippen LogP contribution in [0, 0.1) is 6.92 Å². The normalized spacial score (nSPS) is 14.6. The fourth-order valence-electron chi connectivity index (χ4n) is 3.13. The number of hydrogen-bond acceptors (Lipinski definition) is 4. The topological polar surface area (TPSA) is 75.0 Å². The summed E-state index contributed by atoms with van der Waals surface area (Å²) < 4.78 is 7.52. The van der Waals surface area contributed by atoms with Gasteiger partial charge in [-0.1, -0.05) is 18.2 Å². The fraction of sp³-hybridized carbons (Fsp3) is 0.450. The predicted molar refractivity (Wildman–Crippen MR) is 125 cm³/mol. The summed E-state index contributed by atoms with van der Waals surface area (Å²) >= 11 is 0. The number of guanidine groups is 1. The van der Waals surface area contributed by atoms with Gasteiger partial charge in [0.15, 0.2) is 5.96 Å². The molecule has 0 unspecified atom stereocenters. The van der Waals surface area contributed by atoms with Crippen LogP contribution in [0.2, 0.25) is 0 Å². The number of para-hydroxylation sites is 1. The molecule has 1 aromatic carbocycles. The molecular weight excluding hydrogens is 483 g/mol. The maximum atomic E-state index is 12.6. The fourth-order valence-corrected chi connectivity index (χ4v) is 3.13. The minimum atomic E-state index is 0. The first kappa shape index (κ1) is 23.0.